The number of phenols is 1. The molecule has 1 aliphatic rings. The number of piperazine rings is 1. The Morgan fingerprint density at radius 1 is 1.07 bits per heavy atom. The predicted molar refractivity (Wildman–Crippen MR) is 119 cm³/mol. The summed E-state index contributed by atoms with van der Waals surface area (Å²) in [6.07, 6.45) is 0. The van der Waals surface area contributed by atoms with Gasteiger partial charge >= 0.3 is 0 Å². The first-order valence-corrected chi connectivity index (χ1v) is 10.5. The van der Waals surface area contributed by atoms with E-state index in [9.17, 15) is 5.11 Å². The van der Waals surface area contributed by atoms with Gasteiger partial charge < -0.3 is 24.8 Å². The van der Waals surface area contributed by atoms with E-state index < -0.39 is 0 Å². The van der Waals surface area contributed by atoms with Crippen LogP contribution < -0.4 is 14.8 Å². The summed E-state index contributed by atoms with van der Waals surface area (Å²) in [6.45, 7) is 8.60. The van der Waals surface area contributed by atoms with Gasteiger partial charge in [-0.3, -0.25) is 4.90 Å². The molecule has 1 heterocycles. The summed E-state index contributed by atoms with van der Waals surface area (Å²) in [6, 6.07) is 15.4. The summed E-state index contributed by atoms with van der Waals surface area (Å²) < 4.78 is 11.0. The average Bonchev–Trinajstić information content (AvgIpc) is 2.79. The number of nitrogens with zero attached hydrogens (tertiary/aromatic N) is 3. The number of ether oxygens (including phenoxy) is 2. The second kappa shape index (κ2) is 11.3. The lowest BCUT2D eigenvalue weighted by molar-refractivity contribution is 0.152. The highest BCUT2D eigenvalue weighted by molar-refractivity contribution is 5.80. The van der Waals surface area contributed by atoms with Crippen LogP contribution in [-0.2, 0) is 6.54 Å². The molecule has 0 unspecified atom stereocenters. The van der Waals surface area contributed by atoms with Gasteiger partial charge in [-0.15, -0.1) is 0 Å². The Bertz CT molecular complexity index is 805. The highest BCUT2D eigenvalue weighted by Gasteiger charge is 2.19. The summed E-state index contributed by atoms with van der Waals surface area (Å²) in [5.41, 5.74) is 0.751. The summed E-state index contributed by atoms with van der Waals surface area (Å²) in [7, 11) is 1.55. The molecule has 0 bridgehead atoms. The van der Waals surface area contributed by atoms with Crippen molar-refractivity contribution in [2.75, 3.05) is 53.0 Å². The fraction of sp³-hybridized carbons (Fsp3) is 0.435. The smallest absolute Gasteiger partial charge is 0.194 e. The lowest BCUT2D eigenvalue weighted by atomic mass is 10.2. The normalized spacial score (nSPS) is 15.1. The zero-order valence-corrected chi connectivity index (χ0v) is 17.9. The maximum atomic E-state index is 10.3. The van der Waals surface area contributed by atoms with Crippen molar-refractivity contribution < 1.29 is 14.6 Å². The number of phenolic OH excluding ortho intramolecular Hbond substituents is 1. The highest BCUT2D eigenvalue weighted by atomic mass is 16.5. The van der Waals surface area contributed by atoms with E-state index in [1.54, 1.807) is 13.2 Å². The lowest BCUT2D eigenvalue weighted by Gasteiger charge is -2.36. The van der Waals surface area contributed by atoms with Crippen molar-refractivity contribution in [2.24, 2.45) is 4.99 Å². The molecule has 30 heavy (non-hydrogen) atoms. The van der Waals surface area contributed by atoms with Gasteiger partial charge in [0.1, 0.15) is 12.4 Å². The van der Waals surface area contributed by atoms with Crippen LogP contribution in [0, 0.1) is 0 Å². The Morgan fingerprint density at radius 3 is 2.53 bits per heavy atom. The zero-order valence-electron chi connectivity index (χ0n) is 17.9. The van der Waals surface area contributed by atoms with E-state index in [0.29, 0.717) is 18.9 Å². The van der Waals surface area contributed by atoms with Gasteiger partial charge in [-0.05, 0) is 25.1 Å². The molecule has 3 rings (SSSR count). The molecular formula is C23H32N4O3. The summed E-state index contributed by atoms with van der Waals surface area (Å²) in [5, 5.41) is 13.7. The van der Waals surface area contributed by atoms with Crippen LogP contribution in [0.5, 0.6) is 17.2 Å². The SMILES string of the molecule is CCNC(=NCc1cccc(OC)c1O)N1CCN(CCOc2ccccc2)CC1. The summed E-state index contributed by atoms with van der Waals surface area (Å²) >= 11 is 0. The minimum Gasteiger partial charge on any atom is -0.504 e. The Hall–Kier alpha value is -2.93. The van der Waals surface area contributed by atoms with Crippen LogP contribution >= 0.6 is 0 Å². The maximum Gasteiger partial charge on any atom is 0.194 e. The van der Waals surface area contributed by atoms with E-state index in [1.165, 1.54) is 0 Å². The van der Waals surface area contributed by atoms with E-state index in [2.05, 4.69) is 22.0 Å². The number of guanidine groups is 1. The van der Waals surface area contributed by atoms with Gasteiger partial charge in [0, 0.05) is 44.8 Å². The largest absolute Gasteiger partial charge is 0.504 e. The topological polar surface area (TPSA) is 69.6 Å². The fourth-order valence-electron chi connectivity index (χ4n) is 3.44. The molecule has 2 N–H and O–H groups in total. The van der Waals surface area contributed by atoms with Gasteiger partial charge in [-0.25, -0.2) is 4.99 Å². The van der Waals surface area contributed by atoms with Crippen LogP contribution in [0.3, 0.4) is 0 Å². The van der Waals surface area contributed by atoms with Gasteiger partial charge in [0.2, 0.25) is 0 Å². The summed E-state index contributed by atoms with van der Waals surface area (Å²) in [5.74, 6) is 2.42. The van der Waals surface area contributed by atoms with Crippen LogP contribution in [0.2, 0.25) is 0 Å². The number of aliphatic imine (C=N–C) groups is 1. The summed E-state index contributed by atoms with van der Waals surface area (Å²) in [4.78, 5) is 9.43. The third kappa shape index (κ3) is 6.03. The Labute approximate surface area is 178 Å². The van der Waals surface area contributed by atoms with Gasteiger partial charge in [0.15, 0.2) is 17.5 Å². The minimum absolute atomic E-state index is 0.155. The zero-order chi connectivity index (χ0) is 21.2. The monoisotopic (exact) mass is 412 g/mol. The molecule has 0 radical (unpaired) electrons. The molecule has 2 aromatic rings. The number of para-hydroxylation sites is 2. The van der Waals surface area contributed by atoms with Crippen LogP contribution in [-0.4, -0.2) is 73.9 Å². The number of hydrogen-bond donors (Lipinski definition) is 2. The molecule has 7 heteroatoms. The van der Waals surface area contributed by atoms with Crippen LogP contribution in [0.25, 0.3) is 0 Å². The molecule has 1 aliphatic heterocycles. The molecule has 0 spiro atoms. The van der Waals surface area contributed by atoms with E-state index in [0.717, 1.165) is 56.5 Å². The third-order valence-electron chi connectivity index (χ3n) is 5.13. The molecule has 2 aromatic carbocycles. The van der Waals surface area contributed by atoms with Crippen molar-refractivity contribution in [3.05, 3.63) is 54.1 Å². The Kier molecular flexibility index (Phi) is 8.20. The first-order chi connectivity index (χ1) is 14.7. The average molecular weight is 413 g/mol. The number of nitrogens with one attached hydrogen (secondary N) is 1. The number of rotatable bonds is 8. The number of aromatic hydroxyl groups is 1. The molecule has 7 nitrogen and oxygen atoms in total. The second-order valence-corrected chi connectivity index (χ2v) is 7.13. The van der Waals surface area contributed by atoms with Gasteiger partial charge in [-0.1, -0.05) is 30.3 Å². The molecule has 0 aliphatic carbocycles. The van der Waals surface area contributed by atoms with E-state index in [4.69, 9.17) is 14.5 Å². The molecule has 0 aromatic heterocycles. The molecule has 162 valence electrons. The number of benzene rings is 2. The van der Waals surface area contributed by atoms with Crippen molar-refractivity contribution in [1.82, 2.24) is 15.1 Å². The van der Waals surface area contributed by atoms with Gasteiger partial charge in [-0.2, -0.15) is 0 Å². The van der Waals surface area contributed by atoms with Crippen molar-refractivity contribution in [3.63, 3.8) is 0 Å². The Balaban J connectivity index is 1.50. The fourth-order valence-corrected chi connectivity index (χ4v) is 3.44. The molecule has 1 saturated heterocycles. The molecular weight excluding hydrogens is 380 g/mol. The van der Waals surface area contributed by atoms with Gasteiger partial charge in [0.05, 0.1) is 13.7 Å². The van der Waals surface area contributed by atoms with Gasteiger partial charge in [0.25, 0.3) is 0 Å². The van der Waals surface area contributed by atoms with Crippen LogP contribution in [0.1, 0.15) is 12.5 Å². The first-order valence-electron chi connectivity index (χ1n) is 10.5. The second-order valence-electron chi connectivity index (χ2n) is 7.13. The van der Waals surface area contributed by atoms with Crippen molar-refractivity contribution in [1.29, 1.82) is 0 Å². The van der Waals surface area contributed by atoms with Crippen molar-refractivity contribution in [2.45, 2.75) is 13.5 Å². The molecule has 0 saturated carbocycles. The van der Waals surface area contributed by atoms with Crippen LogP contribution in [0.15, 0.2) is 53.5 Å². The van der Waals surface area contributed by atoms with Crippen molar-refractivity contribution >= 4 is 5.96 Å². The standard InChI is InChI=1S/C23H32N4O3/c1-3-24-23(25-18-19-8-7-11-21(29-2)22(19)28)27-14-12-26(13-15-27)16-17-30-20-9-5-4-6-10-20/h4-11,28H,3,12-18H2,1-2H3,(H,24,25). The quantitative estimate of drug-likeness (QED) is 0.513. The Morgan fingerprint density at radius 2 is 1.83 bits per heavy atom. The van der Waals surface area contributed by atoms with E-state index in [-0.39, 0.29) is 5.75 Å². The number of methoxy groups -OCH3 is 1. The third-order valence-corrected chi connectivity index (χ3v) is 5.13. The lowest BCUT2D eigenvalue weighted by Crippen LogP contribution is -2.53. The minimum atomic E-state index is 0.155. The van der Waals surface area contributed by atoms with Crippen molar-refractivity contribution in [3.8, 4) is 17.2 Å². The number of hydrogen-bond acceptors (Lipinski definition) is 5. The highest BCUT2D eigenvalue weighted by Crippen LogP contribution is 2.29. The van der Waals surface area contributed by atoms with Crippen LogP contribution in [0.4, 0.5) is 0 Å². The first kappa shape index (κ1) is 21.8. The maximum absolute atomic E-state index is 10.3. The predicted octanol–water partition coefficient (Wildman–Crippen LogP) is 2.56. The van der Waals surface area contributed by atoms with E-state index >= 15 is 0 Å². The molecule has 1 fully saturated rings. The molecule has 0 atom stereocenters. The molecule has 0 amide bonds. The van der Waals surface area contributed by atoms with E-state index in [1.807, 2.05) is 42.5 Å².